The summed E-state index contributed by atoms with van der Waals surface area (Å²) in [5.74, 6) is -0.215. The van der Waals surface area contributed by atoms with Gasteiger partial charge in [0.05, 0.1) is 10.7 Å². The number of rotatable bonds is 2. The van der Waals surface area contributed by atoms with E-state index in [4.69, 9.17) is 17.3 Å². The maximum Gasteiger partial charge on any atom is 0.212 e. The summed E-state index contributed by atoms with van der Waals surface area (Å²) in [6.45, 7) is 0. The van der Waals surface area contributed by atoms with Gasteiger partial charge in [-0.15, -0.1) is 0 Å². The fourth-order valence-corrected chi connectivity index (χ4v) is 1.44. The number of carbonyl (C=O) groups excluding carboxylic acids is 1. The van der Waals surface area contributed by atoms with E-state index in [0.29, 0.717) is 22.0 Å². The van der Waals surface area contributed by atoms with E-state index in [-0.39, 0.29) is 5.78 Å². The zero-order valence-electron chi connectivity index (χ0n) is 7.70. The molecule has 0 amide bonds. The van der Waals surface area contributed by atoms with Crippen molar-refractivity contribution in [2.45, 2.75) is 0 Å². The standard InChI is InChI=1S/C10H8ClN3O/c11-7-3-1-2-6(9(7)12)10(15)8-4-5-13-14-8/h1-5H,12H2,(H,13,14). The molecule has 0 unspecified atom stereocenters. The Morgan fingerprint density at radius 1 is 1.40 bits per heavy atom. The Morgan fingerprint density at radius 2 is 2.20 bits per heavy atom. The fourth-order valence-electron chi connectivity index (χ4n) is 1.26. The first kappa shape index (κ1) is 9.73. The molecule has 2 rings (SSSR count). The number of carbonyl (C=O) groups is 1. The van der Waals surface area contributed by atoms with Crippen LogP contribution >= 0.6 is 11.6 Å². The van der Waals surface area contributed by atoms with Crippen molar-refractivity contribution in [1.29, 1.82) is 0 Å². The topological polar surface area (TPSA) is 71.8 Å². The van der Waals surface area contributed by atoms with Crippen molar-refractivity contribution < 1.29 is 4.79 Å². The lowest BCUT2D eigenvalue weighted by atomic mass is 10.1. The maximum atomic E-state index is 11.9. The first-order valence-electron chi connectivity index (χ1n) is 4.28. The Balaban J connectivity index is 2.47. The summed E-state index contributed by atoms with van der Waals surface area (Å²) >= 11 is 5.82. The summed E-state index contributed by atoms with van der Waals surface area (Å²) in [6.07, 6.45) is 1.51. The summed E-state index contributed by atoms with van der Waals surface area (Å²) < 4.78 is 0. The molecule has 0 bridgehead atoms. The molecule has 0 saturated carbocycles. The van der Waals surface area contributed by atoms with Crippen molar-refractivity contribution >= 4 is 23.1 Å². The van der Waals surface area contributed by atoms with E-state index in [1.54, 1.807) is 24.3 Å². The normalized spacial score (nSPS) is 10.2. The average Bonchev–Trinajstić information content (AvgIpc) is 2.74. The third kappa shape index (κ3) is 1.71. The fraction of sp³-hybridized carbons (Fsp3) is 0. The Labute approximate surface area is 91.1 Å². The van der Waals surface area contributed by atoms with Gasteiger partial charge in [-0.25, -0.2) is 0 Å². The Morgan fingerprint density at radius 3 is 2.87 bits per heavy atom. The van der Waals surface area contributed by atoms with E-state index < -0.39 is 0 Å². The van der Waals surface area contributed by atoms with Gasteiger partial charge in [-0.05, 0) is 18.2 Å². The van der Waals surface area contributed by atoms with E-state index in [9.17, 15) is 4.79 Å². The highest BCUT2D eigenvalue weighted by atomic mass is 35.5. The molecule has 0 atom stereocenters. The molecule has 1 heterocycles. The number of anilines is 1. The van der Waals surface area contributed by atoms with Gasteiger partial charge in [0, 0.05) is 11.8 Å². The van der Waals surface area contributed by atoms with Crippen molar-refractivity contribution in [2.75, 3.05) is 5.73 Å². The van der Waals surface area contributed by atoms with E-state index in [0.717, 1.165) is 0 Å². The number of aromatic amines is 1. The third-order valence-electron chi connectivity index (χ3n) is 2.04. The van der Waals surface area contributed by atoms with Crippen LogP contribution in [0, 0.1) is 0 Å². The van der Waals surface area contributed by atoms with E-state index in [1.165, 1.54) is 6.20 Å². The molecule has 3 N–H and O–H groups in total. The molecule has 15 heavy (non-hydrogen) atoms. The van der Waals surface area contributed by atoms with Gasteiger partial charge in [-0.1, -0.05) is 17.7 Å². The van der Waals surface area contributed by atoms with Crippen LogP contribution in [0.4, 0.5) is 5.69 Å². The van der Waals surface area contributed by atoms with Gasteiger partial charge in [0.15, 0.2) is 0 Å². The number of nitrogens with zero attached hydrogens (tertiary/aromatic N) is 1. The molecule has 0 aliphatic heterocycles. The molecule has 0 aliphatic carbocycles. The van der Waals surface area contributed by atoms with Gasteiger partial charge in [-0.2, -0.15) is 5.10 Å². The number of para-hydroxylation sites is 1. The highest BCUT2D eigenvalue weighted by Gasteiger charge is 2.14. The number of aromatic nitrogens is 2. The van der Waals surface area contributed by atoms with Gasteiger partial charge >= 0.3 is 0 Å². The molecule has 0 fully saturated rings. The lowest BCUT2D eigenvalue weighted by Gasteiger charge is -2.04. The summed E-state index contributed by atoms with van der Waals surface area (Å²) in [5.41, 5.74) is 6.77. The van der Waals surface area contributed by atoms with Crippen LogP contribution in [0.2, 0.25) is 5.02 Å². The molecular formula is C10H8ClN3O. The average molecular weight is 222 g/mol. The molecule has 4 nitrogen and oxygen atoms in total. The van der Waals surface area contributed by atoms with E-state index >= 15 is 0 Å². The van der Waals surface area contributed by atoms with Crippen LogP contribution in [0.25, 0.3) is 0 Å². The van der Waals surface area contributed by atoms with Crippen LogP contribution in [-0.4, -0.2) is 16.0 Å². The maximum absolute atomic E-state index is 11.9. The number of nitrogen functional groups attached to an aromatic ring is 1. The lowest BCUT2D eigenvalue weighted by molar-refractivity contribution is 0.103. The minimum Gasteiger partial charge on any atom is -0.397 e. The molecule has 0 spiro atoms. The second kappa shape index (κ2) is 3.74. The van der Waals surface area contributed by atoms with Crippen molar-refractivity contribution in [2.24, 2.45) is 0 Å². The zero-order chi connectivity index (χ0) is 10.8. The Hall–Kier alpha value is -1.81. The van der Waals surface area contributed by atoms with Crippen LogP contribution in [-0.2, 0) is 0 Å². The molecule has 0 radical (unpaired) electrons. The Bertz CT molecular complexity index is 493. The lowest BCUT2D eigenvalue weighted by Crippen LogP contribution is -2.06. The third-order valence-corrected chi connectivity index (χ3v) is 2.37. The molecule has 0 saturated heterocycles. The molecular weight excluding hydrogens is 214 g/mol. The monoisotopic (exact) mass is 221 g/mol. The zero-order valence-corrected chi connectivity index (χ0v) is 8.45. The number of ketones is 1. The van der Waals surface area contributed by atoms with Crippen LogP contribution in [0.3, 0.4) is 0 Å². The number of H-pyrrole nitrogens is 1. The second-order valence-corrected chi connectivity index (χ2v) is 3.41. The van der Waals surface area contributed by atoms with Gasteiger partial charge in [-0.3, -0.25) is 9.89 Å². The van der Waals surface area contributed by atoms with E-state index in [1.807, 2.05) is 0 Å². The predicted molar refractivity (Wildman–Crippen MR) is 57.9 cm³/mol. The van der Waals surface area contributed by atoms with Crippen molar-refractivity contribution in [3.63, 3.8) is 0 Å². The minimum absolute atomic E-state index is 0.215. The minimum atomic E-state index is -0.215. The molecule has 2 aromatic rings. The van der Waals surface area contributed by atoms with Gasteiger partial charge < -0.3 is 5.73 Å². The molecule has 5 heteroatoms. The second-order valence-electron chi connectivity index (χ2n) is 3.00. The largest absolute Gasteiger partial charge is 0.397 e. The molecule has 0 aliphatic rings. The predicted octanol–water partition coefficient (Wildman–Crippen LogP) is 1.88. The Kier molecular flexibility index (Phi) is 2.43. The highest BCUT2D eigenvalue weighted by molar-refractivity contribution is 6.34. The SMILES string of the molecule is Nc1c(Cl)cccc1C(=O)c1ccn[nH]1. The molecule has 76 valence electrons. The van der Waals surface area contributed by atoms with Crippen LogP contribution in [0.1, 0.15) is 16.1 Å². The van der Waals surface area contributed by atoms with Crippen LogP contribution < -0.4 is 5.73 Å². The smallest absolute Gasteiger partial charge is 0.212 e. The number of nitrogens with two attached hydrogens (primary N) is 1. The van der Waals surface area contributed by atoms with Crippen molar-refractivity contribution in [1.82, 2.24) is 10.2 Å². The number of halogens is 1. The molecule has 1 aromatic heterocycles. The first-order valence-corrected chi connectivity index (χ1v) is 4.66. The van der Waals surface area contributed by atoms with Crippen LogP contribution in [0.15, 0.2) is 30.5 Å². The summed E-state index contributed by atoms with van der Waals surface area (Å²) in [4.78, 5) is 11.9. The summed E-state index contributed by atoms with van der Waals surface area (Å²) in [6, 6.07) is 6.54. The number of hydrogen-bond donors (Lipinski definition) is 2. The quantitative estimate of drug-likeness (QED) is 0.601. The van der Waals surface area contributed by atoms with Gasteiger partial charge in [0.2, 0.25) is 5.78 Å². The van der Waals surface area contributed by atoms with Crippen molar-refractivity contribution in [3.8, 4) is 0 Å². The summed E-state index contributed by atoms with van der Waals surface area (Å²) in [7, 11) is 0. The van der Waals surface area contributed by atoms with Gasteiger partial charge in [0.25, 0.3) is 0 Å². The van der Waals surface area contributed by atoms with E-state index in [2.05, 4.69) is 10.2 Å². The number of benzene rings is 1. The van der Waals surface area contributed by atoms with Gasteiger partial charge in [0.1, 0.15) is 5.69 Å². The molecule has 1 aromatic carbocycles. The number of nitrogens with one attached hydrogen (secondary N) is 1. The number of hydrogen-bond acceptors (Lipinski definition) is 3. The summed E-state index contributed by atoms with van der Waals surface area (Å²) in [5, 5.41) is 6.66. The highest BCUT2D eigenvalue weighted by Crippen LogP contribution is 2.23. The first-order chi connectivity index (χ1) is 7.20. The van der Waals surface area contributed by atoms with Crippen LogP contribution in [0.5, 0.6) is 0 Å². The van der Waals surface area contributed by atoms with Crippen molar-refractivity contribution in [3.05, 3.63) is 46.7 Å².